The van der Waals surface area contributed by atoms with Crippen LogP contribution >= 0.6 is 0 Å². The van der Waals surface area contributed by atoms with Gasteiger partial charge < -0.3 is 5.73 Å². The molecule has 1 nitrogen and oxygen atoms in total. The molecule has 1 aromatic rings. The normalized spacial score (nSPS) is 31.0. The van der Waals surface area contributed by atoms with Gasteiger partial charge in [-0.3, -0.25) is 0 Å². The summed E-state index contributed by atoms with van der Waals surface area (Å²) >= 11 is 0. The molecule has 0 bridgehead atoms. The minimum atomic E-state index is 0.192. The molecular formula is C20H31N. The Hall–Kier alpha value is -0.820. The van der Waals surface area contributed by atoms with Crippen molar-refractivity contribution >= 4 is 0 Å². The van der Waals surface area contributed by atoms with Crippen LogP contribution in [0.2, 0.25) is 0 Å². The SMILES string of the molecule is CC1CCC(C(C)(C)c2ccc(C3CCC3)cc2)C(N)C1. The topological polar surface area (TPSA) is 26.0 Å². The summed E-state index contributed by atoms with van der Waals surface area (Å²) in [6.07, 6.45) is 7.98. The second-order valence-corrected chi connectivity index (χ2v) is 8.16. The van der Waals surface area contributed by atoms with Gasteiger partial charge >= 0.3 is 0 Å². The lowest BCUT2D eigenvalue weighted by atomic mass is 9.63. The van der Waals surface area contributed by atoms with E-state index in [1.54, 1.807) is 5.56 Å². The predicted octanol–water partition coefficient (Wildman–Crippen LogP) is 5.00. The Bertz CT molecular complexity index is 469. The zero-order chi connectivity index (χ0) is 15.0. The molecule has 116 valence electrons. The van der Waals surface area contributed by atoms with Crippen molar-refractivity contribution in [1.82, 2.24) is 0 Å². The van der Waals surface area contributed by atoms with Crippen molar-refractivity contribution in [2.45, 2.75) is 76.7 Å². The van der Waals surface area contributed by atoms with Gasteiger partial charge in [0.15, 0.2) is 0 Å². The number of benzene rings is 1. The molecule has 0 saturated heterocycles. The molecule has 3 rings (SSSR count). The first-order valence-corrected chi connectivity index (χ1v) is 8.84. The van der Waals surface area contributed by atoms with Gasteiger partial charge in [-0.05, 0) is 60.0 Å². The van der Waals surface area contributed by atoms with Gasteiger partial charge in [0.25, 0.3) is 0 Å². The fourth-order valence-electron chi connectivity index (χ4n) is 4.46. The van der Waals surface area contributed by atoms with Crippen molar-refractivity contribution < 1.29 is 0 Å². The van der Waals surface area contributed by atoms with Crippen molar-refractivity contribution in [2.24, 2.45) is 17.6 Å². The minimum absolute atomic E-state index is 0.192. The van der Waals surface area contributed by atoms with E-state index in [9.17, 15) is 0 Å². The lowest BCUT2D eigenvalue weighted by molar-refractivity contribution is 0.171. The molecule has 0 heterocycles. The molecular weight excluding hydrogens is 254 g/mol. The number of rotatable bonds is 3. The first kappa shape index (κ1) is 15.1. The van der Waals surface area contributed by atoms with Crippen LogP contribution in [0.15, 0.2) is 24.3 Å². The van der Waals surface area contributed by atoms with Gasteiger partial charge in [0.05, 0.1) is 0 Å². The molecule has 0 radical (unpaired) electrons. The Balaban J connectivity index is 1.77. The highest BCUT2D eigenvalue weighted by Gasteiger charge is 2.38. The van der Waals surface area contributed by atoms with Crippen molar-refractivity contribution in [3.05, 3.63) is 35.4 Å². The van der Waals surface area contributed by atoms with E-state index in [2.05, 4.69) is 45.0 Å². The summed E-state index contributed by atoms with van der Waals surface area (Å²) in [4.78, 5) is 0. The van der Waals surface area contributed by atoms with Crippen LogP contribution in [-0.2, 0) is 5.41 Å². The van der Waals surface area contributed by atoms with E-state index in [0.717, 1.165) is 11.8 Å². The number of nitrogens with two attached hydrogens (primary N) is 1. The van der Waals surface area contributed by atoms with Crippen LogP contribution in [0, 0.1) is 11.8 Å². The molecule has 0 aromatic heterocycles. The summed E-state index contributed by atoms with van der Waals surface area (Å²) < 4.78 is 0. The van der Waals surface area contributed by atoms with E-state index in [1.807, 2.05) is 0 Å². The predicted molar refractivity (Wildman–Crippen MR) is 90.5 cm³/mol. The molecule has 21 heavy (non-hydrogen) atoms. The average molecular weight is 285 g/mol. The summed E-state index contributed by atoms with van der Waals surface area (Å²) in [6, 6.07) is 9.85. The zero-order valence-electron chi connectivity index (χ0n) is 13.9. The third-order valence-corrected chi connectivity index (χ3v) is 6.32. The van der Waals surface area contributed by atoms with Crippen LogP contribution in [-0.4, -0.2) is 6.04 Å². The maximum atomic E-state index is 6.50. The van der Waals surface area contributed by atoms with Gasteiger partial charge in [0, 0.05) is 6.04 Å². The summed E-state index contributed by atoms with van der Waals surface area (Å²) in [7, 11) is 0. The highest BCUT2D eigenvalue weighted by atomic mass is 14.7. The van der Waals surface area contributed by atoms with E-state index in [4.69, 9.17) is 5.73 Å². The number of hydrogen-bond donors (Lipinski definition) is 1. The monoisotopic (exact) mass is 285 g/mol. The molecule has 2 fully saturated rings. The molecule has 1 heteroatoms. The van der Waals surface area contributed by atoms with Crippen molar-refractivity contribution in [3.63, 3.8) is 0 Å². The highest BCUT2D eigenvalue weighted by molar-refractivity contribution is 5.32. The second kappa shape index (κ2) is 5.76. The maximum Gasteiger partial charge on any atom is 0.00780 e. The molecule has 3 unspecified atom stereocenters. The average Bonchev–Trinajstić information content (AvgIpc) is 2.37. The first-order valence-electron chi connectivity index (χ1n) is 8.84. The fraction of sp³-hybridized carbons (Fsp3) is 0.700. The van der Waals surface area contributed by atoms with E-state index < -0.39 is 0 Å². The highest BCUT2D eigenvalue weighted by Crippen LogP contribution is 2.42. The van der Waals surface area contributed by atoms with Gasteiger partial charge in [0.1, 0.15) is 0 Å². The number of hydrogen-bond acceptors (Lipinski definition) is 1. The zero-order valence-corrected chi connectivity index (χ0v) is 13.9. The summed E-state index contributed by atoms with van der Waals surface area (Å²) in [5.74, 6) is 2.25. The van der Waals surface area contributed by atoms with Crippen molar-refractivity contribution in [1.29, 1.82) is 0 Å². The Morgan fingerprint density at radius 3 is 2.19 bits per heavy atom. The Morgan fingerprint density at radius 2 is 1.67 bits per heavy atom. The van der Waals surface area contributed by atoms with Crippen molar-refractivity contribution in [3.8, 4) is 0 Å². The lowest BCUT2D eigenvalue weighted by Crippen LogP contribution is -2.45. The van der Waals surface area contributed by atoms with E-state index in [1.165, 1.54) is 44.1 Å². The molecule has 2 aliphatic carbocycles. The summed E-state index contributed by atoms with van der Waals surface area (Å²) in [6.45, 7) is 7.13. The lowest BCUT2D eigenvalue weighted by Gasteiger charge is -2.43. The smallest absolute Gasteiger partial charge is 0.00780 e. The molecule has 0 aliphatic heterocycles. The van der Waals surface area contributed by atoms with Gasteiger partial charge in [0.2, 0.25) is 0 Å². The van der Waals surface area contributed by atoms with Crippen LogP contribution in [0.5, 0.6) is 0 Å². The fourth-order valence-corrected chi connectivity index (χ4v) is 4.46. The van der Waals surface area contributed by atoms with Crippen LogP contribution in [0.3, 0.4) is 0 Å². The first-order chi connectivity index (χ1) is 9.98. The quantitative estimate of drug-likeness (QED) is 0.831. The Labute approximate surface area is 130 Å². The minimum Gasteiger partial charge on any atom is -0.327 e. The Kier molecular flexibility index (Phi) is 4.14. The molecule has 1 aromatic carbocycles. The third kappa shape index (κ3) is 2.90. The van der Waals surface area contributed by atoms with Crippen LogP contribution in [0.1, 0.15) is 76.3 Å². The van der Waals surface area contributed by atoms with E-state index in [-0.39, 0.29) is 5.41 Å². The van der Waals surface area contributed by atoms with E-state index in [0.29, 0.717) is 12.0 Å². The van der Waals surface area contributed by atoms with Gasteiger partial charge in [-0.25, -0.2) is 0 Å². The van der Waals surface area contributed by atoms with Gasteiger partial charge in [-0.1, -0.05) is 57.9 Å². The molecule has 2 N–H and O–H groups in total. The van der Waals surface area contributed by atoms with Gasteiger partial charge in [-0.2, -0.15) is 0 Å². The molecule has 3 atom stereocenters. The van der Waals surface area contributed by atoms with E-state index >= 15 is 0 Å². The molecule has 2 aliphatic rings. The molecule has 2 saturated carbocycles. The summed E-state index contributed by atoms with van der Waals surface area (Å²) in [5.41, 5.74) is 9.71. The summed E-state index contributed by atoms with van der Waals surface area (Å²) in [5, 5.41) is 0. The second-order valence-electron chi connectivity index (χ2n) is 8.16. The van der Waals surface area contributed by atoms with Crippen molar-refractivity contribution in [2.75, 3.05) is 0 Å². The largest absolute Gasteiger partial charge is 0.327 e. The van der Waals surface area contributed by atoms with Crippen LogP contribution in [0.25, 0.3) is 0 Å². The Morgan fingerprint density at radius 1 is 1.00 bits per heavy atom. The maximum absolute atomic E-state index is 6.50. The third-order valence-electron chi connectivity index (χ3n) is 6.32. The molecule has 0 spiro atoms. The van der Waals surface area contributed by atoms with Gasteiger partial charge in [-0.15, -0.1) is 0 Å². The van der Waals surface area contributed by atoms with Crippen LogP contribution < -0.4 is 5.73 Å². The standard InChI is InChI=1S/C20H31N/c1-14-7-12-18(19(21)13-14)20(2,3)17-10-8-16(9-11-17)15-5-4-6-15/h8-11,14-15,18-19H,4-7,12-13,21H2,1-3H3. The van der Waals surface area contributed by atoms with Crippen LogP contribution in [0.4, 0.5) is 0 Å². The molecule has 0 amide bonds.